The maximum atomic E-state index is 14.5. The first kappa shape index (κ1) is 23.5. The summed E-state index contributed by atoms with van der Waals surface area (Å²) in [6, 6.07) is 11.0. The van der Waals surface area contributed by atoms with Gasteiger partial charge in [-0.2, -0.15) is 0 Å². The molecule has 8 heteroatoms. The molecule has 3 aromatic rings. The van der Waals surface area contributed by atoms with E-state index in [-0.39, 0.29) is 5.57 Å². The molecule has 176 valence electrons. The molecule has 0 bridgehead atoms. The number of ether oxygens (including phenoxy) is 2. The second-order valence-electron chi connectivity index (χ2n) is 7.83. The van der Waals surface area contributed by atoms with E-state index >= 15 is 0 Å². The smallest absolute Gasteiger partial charge is 0.198 e. The molecule has 3 nitrogen and oxygen atoms in total. The minimum absolute atomic E-state index is 0.0465. The zero-order chi connectivity index (χ0) is 24.6. The summed E-state index contributed by atoms with van der Waals surface area (Å²) in [6.45, 7) is 0. The third-order valence-corrected chi connectivity index (χ3v) is 5.96. The van der Waals surface area contributed by atoms with Gasteiger partial charge < -0.3 is 9.47 Å². The van der Waals surface area contributed by atoms with Crippen LogP contribution in [0.2, 0.25) is 0 Å². The predicted octanol–water partition coefficient (Wildman–Crippen LogP) is 6.48. The van der Waals surface area contributed by atoms with Crippen molar-refractivity contribution >= 4 is 5.78 Å². The molecule has 0 radical (unpaired) electrons. The monoisotopic (exact) mass is 474 g/mol. The predicted molar refractivity (Wildman–Crippen MR) is 115 cm³/mol. The standard InChI is InChI=1S/C26H19F5O3/c1-33-21-5-3-4-16(26(21)34-2)17-10-14(13-6-8-15(27)9-7-13)11-18(17)25(32)19-12-20(28)23(30)24(31)22(19)29/h3-9,11-12,14,17H,10H2,1-2H3. The fraction of sp³-hybridized carbons (Fsp3) is 0.192. The van der Waals surface area contributed by atoms with E-state index in [4.69, 9.17) is 9.47 Å². The normalized spacial score (nSPS) is 17.4. The van der Waals surface area contributed by atoms with E-state index in [0.717, 1.165) is 0 Å². The van der Waals surface area contributed by atoms with Crippen LogP contribution < -0.4 is 9.47 Å². The average molecular weight is 474 g/mol. The Hall–Kier alpha value is -3.68. The van der Waals surface area contributed by atoms with Crippen molar-refractivity contribution in [1.82, 2.24) is 0 Å². The Kier molecular flexibility index (Phi) is 6.41. The molecule has 0 heterocycles. The van der Waals surface area contributed by atoms with E-state index in [9.17, 15) is 26.7 Å². The molecule has 34 heavy (non-hydrogen) atoms. The number of carbonyl (C=O) groups excluding carboxylic acids is 1. The zero-order valence-electron chi connectivity index (χ0n) is 18.2. The zero-order valence-corrected chi connectivity index (χ0v) is 18.2. The number of rotatable bonds is 6. The average Bonchev–Trinajstić information content (AvgIpc) is 3.29. The summed E-state index contributed by atoms with van der Waals surface area (Å²) in [5.41, 5.74) is 0.349. The van der Waals surface area contributed by atoms with Crippen LogP contribution in [0, 0.1) is 29.1 Å². The number of halogens is 5. The van der Waals surface area contributed by atoms with Gasteiger partial charge in [0.2, 0.25) is 0 Å². The van der Waals surface area contributed by atoms with Gasteiger partial charge in [0.05, 0.1) is 19.8 Å². The van der Waals surface area contributed by atoms with Gasteiger partial charge in [0.1, 0.15) is 5.82 Å². The van der Waals surface area contributed by atoms with E-state index in [2.05, 4.69) is 0 Å². The second-order valence-corrected chi connectivity index (χ2v) is 7.83. The summed E-state index contributed by atoms with van der Waals surface area (Å²) < 4.78 is 80.0. The SMILES string of the molecule is COc1cccc(C2CC(c3ccc(F)cc3)C=C2C(=O)c2cc(F)c(F)c(F)c2F)c1OC. The van der Waals surface area contributed by atoms with Crippen LogP contribution in [0.5, 0.6) is 11.5 Å². The topological polar surface area (TPSA) is 35.5 Å². The molecule has 0 saturated carbocycles. The lowest BCUT2D eigenvalue weighted by Gasteiger charge is -2.20. The molecule has 0 spiro atoms. The number of methoxy groups -OCH3 is 2. The van der Waals surface area contributed by atoms with Gasteiger partial charge >= 0.3 is 0 Å². The van der Waals surface area contributed by atoms with Crippen LogP contribution in [-0.4, -0.2) is 20.0 Å². The number of hydrogen-bond donors (Lipinski definition) is 0. The number of ketones is 1. The highest BCUT2D eigenvalue weighted by Crippen LogP contribution is 2.48. The van der Waals surface area contributed by atoms with Gasteiger partial charge in [0.25, 0.3) is 0 Å². The van der Waals surface area contributed by atoms with Crippen molar-refractivity contribution in [3.8, 4) is 11.5 Å². The minimum atomic E-state index is -2.06. The molecule has 0 saturated heterocycles. The lowest BCUT2D eigenvalue weighted by Crippen LogP contribution is -2.14. The van der Waals surface area contributed by atoms with Crippen molar-refractivity contribution < 1.29 is 36.2 Å². The van der Waals surface area contributed by atoms with Gasteiger partial charge in [-0.25, -0.2) is 22.0 Å². The fourth-order valence-corrected chi connectivity index (χ4v) is 4.33. The number of para-hydroxylation sites is 1. The summed E-state index contributed by atoms with van der Waals surface area (Å²) in [7, 11) is 2.86. The Balaban J connectivity index is 1.86. The number of carbonyl (C=O) groups is 1. The van der Waals surface area contributed by atoms with Crippen LogP contribution in [0.3, 0.4) is 0 Å². The van der Waals surface area contributed by atoms with Gasteiger partial charge in [-0.1, -0.05) is 30.3 Å². The minimum Gasteiger partial charge on any atom is -0.493 e. The highest BCUT2D eigenvalue weighted by atomic mass is 19.2. The van der Waals surface area contributed by atoms with E-state index in [1.165, 1.54) is 26.4 Å². The molecule has 4 rings (SSSR count). The summed E-state index contributed by atoms with van der Waals surface area (Å²) in [5, 5.41) is 0. The quantitative estimate of drug-likeness (QED) is 0.178. The lowest BCUT2D eigenvalue weighted by molar-refractivity contribution is 0.102. The lowest BCUT2D eigenvalue weighted by atomic mass is 9.86. The molecule has 2 unspecified atom stereocenters. The molecule has 0 aliphatic heterocycles. The van der Waals surface area contributed by atoms with E-state index in [1.54, 1.807) is 36.4 Å². The van der Waals surface area contributed by atoms with E-state index < -0.39 is 52.3 Å². The highest BCUT2D eigenvalue weighted by Gasteiger charge is 2.37. The third-order valence-electron chi connectivity index (χ3n) is 5.96. The van der Waals surface area contributed by atoms with Gasteiger partial charge in [-0.05, 0) is 36.2 Å². The number of benzene rings is 3. The molecule has 0 fully saturated rings. The largest absolute Gasteiger partial charge is 0.493 e. The first-order valence-corrected chi connectivity index (χ1v) is 10.3. The molecule has 1 aliphatic rings. The van der Waals surface area contributed by atoms with Crippen molar-refractivity contribution in [2.45, 2.75) is 18.3 Å². The van der Waals surface area contributed by atoms with Crippen LogP contribution in [0.25, 0.3) is 0 Å². The van der Waals surface area contributed by atoms with Crippen molar-refractivity contribution in [3.05, 3.63) is 106 Å². The van der Waals surface area contributed by atoms with E-state index in [0.29, 0.717) is 35.1 Å². The van der Waals surface area contributed by atoms with Crippen LogP contribution in [-0.2, 0) is 0 Å². The summed E-state index contributed by atoms with van der Waals surface area (Å²) in [6.07, 6.45) is 1.86. The molecule has 2 atom stereocenters. The van der Waals surface area contributed by atoms with Crippen molar-refractivity contribution in [3.63, 3.8) is 0 Å². The van der Waals surface area contributed by atoms with Gasteiger partial charge in [-0.15, -0.1) is 0 Å². The Labute approximate surface area is 192 Å². The Morgan fingerprint density at radius 3 is 2.24 bits per heavy atom. The molecule has 3 aromatic carbocycles. The highest BCUT2D eigenvalue weighted by molar-refractivity contribution is 6.10. The summed E-state index contributed by atoms with van der Waals surface area (Å²) in [4.78, 5) is 13.4. The summed E-state index contributed by atoms with van der Waals surface area (Å²) in [5.74, 6) is -9.27. The molecule has 0 amide bonds. The fourth-order valence-electron chi connectivity index (χ4n) is 4.33. The van der Waals surface area contributed by atoms with Crippen LogP contribution in [0.4, 0.5) is 22.0 Å². The first-order chi connectivity index (χ1) is 16.3. The molecule has 0 aromatic heterocycles. The van der Waals surface area contributed by atoms with Crippen LogP contribution in [0.15, 0.2) is 60.2 Å². The van der Waals surface area contributed by atoms with Gasteiger partial charge in [0.15, 0.2) is 40.6 Å². The number of Topliss-reactive ketones (excluding diaryl/α,β-unsaturated/α-hetero) is 1. The van der Waals surface area contributed by atoms with Crippen molar-refractivity contribution in [1.29, 1.82) is 0 Å². The summed E-state index contributed by atoms with van der Waals surface area (Å²) >= 11 is 0. The maximum Gasteiger partial charge on any atom is 0.198 e. The number of hydrogen-bond acceptors (Lipinski definition) is 3. The number of allylic oxidation sites excluding steroid dienone is 2. The molecule has 0 N–H and O–H groups in total. The van der Waals surface area contributed by atoms with Gasteiger partial charge in [0, 0.05) is 23.0 Å². The second kappa shape index (κ2) is 9.29. The van der Waals surface area contributed by atoms with Crippen molar-refractivity contribution in [2.75, 3.05) is 14.2 Å². The first-order valence-electron chi connectivity index (χ1n) is 10.3. The van der Waals surface area contributed by atoms with Crippen molar-refractivity contribution in [2.24, 2.45) is 0 Å². The third kappa shape index (κ3) is 4.04. The van der Waals surface area contributed by atoms with Crippen LogP contribution >= 0.6 is 0 Å². The van der Waals surface area contributed by atoms with Crippen LogP contribution in [0.1, 0.15) is 39.7 Å². The molecule has 1 aliphatic carbocycles. The molecular formula is C26H19F5O3. The Bertz CT molecular complexity index is 1280. The van der Waals surface area contributed by atoms with Gasteiger partial charge in [-0.3, -0.25) is 4.79 Å². The Morgan fingerprint density at radius 2 is 1.59 bits per heavy atom. The maximum absolute atomic E-state index is 14.5. The molecular weight excluding hydrogens is 455 g/mol. The van der Waals surface area contributed by atoms with E-state index in [1.807, 2.05) is 0 Å². The Morgan fingerprint density at radius 1 is 0.882 bits per heavy atom.